The Morgan fingerprint density at radius 1 is 1.26 bits per heavy atom. The number of phenolic OH excluding ortho intramolecular Hbond substituents is 1. The molecule has 1 saturated heterocycles. The molecule has 2 aromatic carbocycles. The van der Waals surface area contributed by atoms with E-state index in [0.29, 0.717) is 25.6 Å². The highest BCUT2D eigenvalue weighted by atomic mass is 79.9. The van der Waals surface area contributed by atoms with Crippen molar-refractivity contribution in [2.75, 3.05) is 7.11 Å². The van der Waals surface area contributed by atoms with Gasteiger partial charge in [0, 0.05) is 14.5 Å². The number of hydrogen-bond acceptors (Lipinski definition) is 5. The number of rotatable bonds is 4. The van der Waals surface area contributed by atoms with Crippen LogP contribution in [0.5, 0.6) is 11.5 Å². The zero-order valence-electron chi connectivity index (χ0n) is 13.8. The van der Waals surface area contributed by atoms with E-state index in [9.17, 15) is 14.7 Å². The number of carbonyl (C=O) groups excluding carboxylic acids is 2. The lowest BCUT2D eigenvalue weighted by atomic mass is 10.1. The van der Waals surface area contributed by atoms with Crippen molar-refractivity contribution in [2.45, 2.75) is 6.54 Å². The SMILES string of the molecule is COc1cc(/C=C2\SC(=O)N(Cc3ccc(Cl)cc3Cl)C2=O)c(Br)cc1O. The maximum atomic E-state index is 12.7. The molecule has 2 amide bonds. The van der Waals surface area contributed by atoms with Crippen LogP contribution in [0.2, 0.25) is 10.0 Å². The molecule has 27 heavy (non-hydrogen) atoms. The van der Waals surface area contributed by atoms with E-state index in [4.69, 9.17) is 27.9 Å². The van der Waals surface area contributed by atoms with Crippen LogP contribution in [-0.2, 0) is 11.3 Å². The van der Waals surface area contributed by atoms with Crippen LogP contribution in [0.25, 0.3) is 6.08 Å². The summed E-state index contributed by atoms with van der Waals surface area (Å²) >= 11 is 16.2. The molecule has 1 N–H and O–H groups in total. The first-order chi connectivity index (χ1) is 12.8. The Balaban J connectivity index is 1.89. The van der Waals surface area contributed by atoms with Crippen molar-refractivity contribution >= 4 is 68.1 Å². The van der Waals surface area contributed by atoms with Crippen molar-refractivity contribution in [1.29, 1.82) is 0 Å². The minimum absolute atomic E-state index is 0.0352. The topological polar surface area (TPSA) is 66.8 Å². The smallest absolute Gasteiger partial charge is 0.293 e. The Bertz CT molecular complexity index is 980. The monoisotopic (exact) mass is 487 g/mol. The second kappa shape index (κ2) is 8.14. The number of halogens is 3. The van der Waals surface area contributed by atoms with Gasteiger partial charge in [-0.3, -0.25) is 14.5 Å². The lowest BCUT2D eigenvalue weighted by Crippen LogP contribution is -2.27. The van der Waals surface area contributed by atoms with Crippen LogP contribution in [-0.4, -0.2) is 28.3 Å². The number of benzene rings is 2. The molecule has 5 nitrogen and oxygen atoms in total. The number of methoxy groups -OCH3 is 1. The lowest BCUT2D eigenvalue weighted by molar-refractivity contribution is -0.123. The largest absolute Gasteiger partial charge is 0.504 e. The van der Waals surface area contributed by atoms with Gasteiger partial charge in [-0.15, -0.1) is 0 Å². The number of thioether (sulfide) groups is 1. The number of amides is 2. The fourth-order valence-electron chi connectivity index (χ4n) is 2.43. The van der Waals surface area contributed by atoms with Crippen LogP contribution >= 0.6 is 50.9 Å². The molecule has 1 aliphatic rings. The predicted octanol–water partition coefficient (Wildman–Crippen LogP) is 5.71. The van der Waals surface area contributed by atoms with E-state index < -0.39 is 5.91 Å². The van der Waals surface area contributed by atoms with E-state index in [2.05, 4.69) is 15.9 Å². The zero-order chi connectivity index (χ0) is 19.7. The number of imide groups is 1. The van der Waals surface area contributed by atoms with Gasteiger partial charge in [0.2, 0.25) is 0 Å². The van der Waals surface area contributed by atoms with Crippen molar-refractivity contribution in [3.8, 4) is 11.5 Å². The summed E-state index contributed by atoms with van der Waals surface area (Å²) in [7, 11) is 1.43. The molecule has 1 heterocycles. The molecule has 9 heteroatoms. The second-order valence-electron chi connectivity index (χ2n) is 5.55. The molecule has 0 saturated carbocycles. The minimum atomic E-state index is -0.421. The van der Waals surface area contributed by atoms with Gasteiger partial charge in [0.1, 0.15) is 0 Å². The van der Waals surface area contributed by atoms with Gasteiger partial charge < -0.3 is 9.84 Å². The van der Waals surface area contributed by atoms with Crippen LogP contribution in [0.4, 0.5) is 4.79 Å². The molecule has 0 aromatic heterocycles. The average molecular weight is 489 g/mol. The van der Waals surface area contributed by atoms with Crippen LogP contribution in [0, 0.1) is 0 Å². The number of ether oxygens (including phenoxy) is 1. The summed E-state index contributed by atoms with van der Waals surface area (Å²) in [4.78, 5) is 26.4. The first-order valence-electron chi connectivity index (χ1n) is 7.56. The number of nitrogens with zero attached hydrogens (tertiary/aromatic N) is 1. The first kappa shape index (κ1) is 20.1. The first-order valence-corrected chi connectivity index (χ1v) is 9.92. The van der Waals surface area contributed by atoms with Crippen LogP contribution in [0.15, 0.2) is 39.7 Å². The Hall–Kier alpha value is -1.67. The Labute approximate surface area is 178 Å². The van der Waals surface area contributed by atoms with Crippen LogP contribution < -0.4 is 4.74 Å². The Kier molecular flexibility index (Phi) is 6.05. The van der Waals surface area contributed by atoms with Crippen molar-refractivity contribution in [3.63, 3.8) is 0 Å². The molecule has 140 valence electrons. The van der Waals surface area contributed by atoms with E-state index >= 15 is 0 Å². The molecular weight excluding hydrogens is 477 g/mol. The highest BCUT2D eigenvalue weighted by molar-refractivity contribution is 9.10. The van der Waals surface area contributed by atoms with E-state index in [1.807, 2.05) is 0 Å². The molecule has 2 aromatic rings. The molecule has 0 atom stereocenters. The quantitative estimate of drug-likeness (QED) is 0.558. The summed E-state index contributed by atoms with van der Waals surface area (Å²) in [5, 5.41) is 10.3. The number of phenols is 1. The van der Waals surface area contributed by atoms with E-state index in [1.165, 1.54) is 13.2 Å². The van der Waals surface area contributed by atoms with Gasteiger partial charge in [-0.2, -0.15) is 0 Å². The molecule has 1 fully saturated rings. The fraction of sp³-hybridized carbons (Fsp3) is 0.111. The molecule has 0 unspecified atom stereocenters. The second-order valence-corrected chi connectivity index (χ2v) is 8.24. The Morgan fingerprint density at radius 2 is 2.00 bits per heavy atom. The van der Waals surface area contributed by atoms with Crippen molar-refractivity contribution in [1.82, 2.24) is 4.90 Å². The highest BCUT2D eigenvalue weighted by Crippen LogP contribution is 2.38. The maximum absolute atomic E-state index is 12.7. The molecule has 1 aliphatic heterocycles. The summed E-state index contributed by atoms with van der Waals surface area (Å²) < 4.78 is 5.64. The molecule has 0 bridgehead atoms. The molecule has 0 aliphatic carbocycles. The maximum Gasteiger partial charge on any atom is 0.293 e. The third-order valence-corrected chi connectivity index (χ3v) is 5.98. The third-order valence-electron chi connectivity index (χ3n) is 3.80. The predicted molar refractivity (Wildman–Crippen MR) is 110 cm³/mol. The minimum Gasteiger partial charge on any atom is -0.504 e. The van der Waals surface area contributed by atoms with Gasteiger partial charge in [0.15, 0.2) is 11.5 Å². The number of hydrogen-bond donors (Lipinski definition) is 1. The molecule has 0 radical (unpaired) electrons. The summed E-state index contributed by atoms with van der Waals surface area (Å²) in [6.45, 7) is 0.0536. The van der Waals surface area contributed by atoms with Crippen molar-refractivity contribution in [2.24, 2.45) is 0 Å². The summed E-state index contributed by atoms with van der Waals surface area (Å²) in [6.07, 6.45) is 1.57. The van der Waals surface area contributed by atoms with Gasteiger partial charge in [0.05, 0.1) is 18.6 Å². The third kappa shape index (κ3) is 4.27. The van der Waals surface area contributed by atoms with E-state index in [0.717, 1.165) is 16.7 Å². The number of aromatic hydroxyl groups is 1. The number of carbonyl (C=O) groups is 2. The van der Waals surface area contributed by atoms with Gasteiger partial charge >= 0.3 is 0 Å². The van der Waals surface area contributed by atoms with Gasteiger partial charge in [-0.05, 0) is 53.2 Å². The normalized spacial score (nSPS) is 15.7. The lowest BCUT2D eigenvalue weighted by Gasteiger charge is -2.13. The Morgan fingerprint density at radius 3 is 2.67 bits per heavy atom. The molecule has 3 rings (SSSR count). The standard InChI is InChI=1S/C18H12BrCl2NO4S/c1-26-15-4-10(12(19)7-14(15)23)5-16-17(24)22(18(25)27-16)8-9-2-3-11(20)6-13(9)21/h2-7,23H,8H2,1H3/b16-5-. The van der Waals surface area contributed by atoms with Gasteiger partial charge in [-0.25, -0.2) is 0 Å². The van der Waals surface area contributed by atoms with Crippen LogP contribution in [0.3, 0.4) is 0 Å². The van der Waals surface area contributed by atoms with Crippen molar-refractivity contribution < 1.29 is 19.4 Å². The molecular formula is C18H12BrCl2NO4S. The van der Waals surface area contributed by atoms with Gasteiger partial charge in [-0.1, -0.05) is 45.2 Å². The zero-order valence-corrected chi connectivity index (χ0v) is 17.7. The fourth-order valence-corrected chi connectivity index (χ4v) is 4.17. The van der Waals surface area contributed by atoms with Crippen molar-refractivity contribution in [3.05, 3.63) is 60.9 Å². The average Bonchev–Trinajstić information content (AvgIpc) is 2.87. The summed E-state index contributed by atoms with van der Waals surface area (Å²) in [5.74, 6) is -0.196. The molecule has 0 spiro atoms. The summed E-state index contributed by atoms with van der Waals surface area (Å²) in [5.41, 5.74) is 1.22. The highest BCUT2D eigenvalue weighted by Gasteiger charge is 2.35. The summed E-state index contributed by atoms with van der Waals surface area (Å²) in [6, 6.07) is 7.93. The van der Waals surface area contributed by atoms with E-state index in [1.54, 1.807) is 30.3 Å². The van der Waals surface area contributed by atoms with Gasteiger partial charge in [0.25, 0.3) is 11.1 Å². The van der Waals surface area contributed by atoms with E-state index in [-0.39, 0.29) is 28.2 Å². The van der Waals surface area contributed by atoms with Crippen LogP contribution in [0.1, 0.15) is 11.1 Å².